The van der Waals surface area contributed by atoms with Crippen molar-refractivity contribution < 1.29 is 23.9 Å². The molecule has 1 fully saturated rings. The van der Waals surface area contributed by atoms with Crippen molar-refractivity contribution in [1.82, 2.24) is 5.32 Å². The minimum Gasteiger partial charge on any atom is -0.497 e. The fraction of sp³-hybridized carbons (Fsp3) is 0.158. The van der Waals surface area contributed by atoms with Crippen LogP contribution in [0.25, 0.3) is 0 Å². The van der Waals surface area contributed by atoms with Gasteiger partial charge in [-0.3, -0.25) is 19.9 Å². The van der Waals surface area contributed by atoms with Crippen LogP contribution in [-0.2, 0) is 9.59 Å². The SMILES string of the molecule is COc1ccc(OC)c(N=C[C@H]2C(=O)NC(=O)N(c3ccc(Br)cc3)C2=O)c1. The average molecular weight is 446 g/mol. The molecular weight excluding hydrogens is 430 g/mol. The summed E-state index contributed by atoms with van der Waals surface area (Å²) in [7, 11) is 2.99. The van der Waals surface area contributed by atoms with Crippen LogP contribution >= 0.6 is 15.9 Å². The van der Waals surface area contributed by atoms with Crippen LogP contribution in [0.3, 0.4) is 0 Å². The van der Waals surface area contributed by atoms with E-state index in [1.165, 1.54) is 20.4 Å². The van der Waals surface area contributed by atoms with E-state index >= 15 is 0 Å². The molecule has 1 N–H and O–H groups in total. The first-order valence-corrected chi connectivity index (χ1v) is 8.94. The van der Waals surface area contributed by atoms with Crippen molar-refractivity contribution in [2.24, 2.45) is 10.9 Å². The smallest absolute Gasteiger partial charge is 0.335 e. The summed E-state index contributed by atoms with van der Waals surface area (Å²) in [5, 5.41) is 2.18. The third kappa shape index (κ3) is 3.89. The van der Waals surface area contributed by atoms with Crippen LogP contribution in [-0.4, -0.2) is 38.3 Å². The molecule has 144 valence electrons. The second-order valence-corrected chi connectivity index (χ2v) is 6.65. The van der Waals surface area contributed by atoms with Crippen LogP contribution in [0, 0.1) is 5.92 Å². The van der Waals surface area contributed by atoms with Crippen LogP contribution in [0.4, 0.5) is 16.2 Å². The number of rotatable bonds is 5. The van der Waals surface area contributed by atoms with Crippen LogP contribution in [0.15, 0.2) is 51.9 Å². The maximum atomic E-state index is 12.8. The van der Waals surface area contributed by atoms with Gasteiger partial charge in [0.15, 0.2) is 5.92 Å². The van der Waals surface area contributed by atoms with Gasteiger partial charge in [-0.1, -0.05) is 15.9 Å². The van der Waals surface area contributed by atoms with Crippen LogP contribution < -0.4 is 19.7 Å². The van der Waals surface area contributed by atoms with E-state index < -0.39 is 23.8 Å². The number of carbonyl (C=O) groups excluding carboxylic acids is 3. The summed E-state index contributed by atoms with van der Waals surface area (Å²) in [6.07, 6.45) is 1.19. The Balaban J connectivity index is 1.92. The minimum absolute atomic E-state index is 0.343. The summed E-state index contributed by atoms with van der Waals surface area (Å²) in [4.78, 5) is 42.3. The molecule has 0 unspecified atom stereocenters. The van der Waals surface area contributed by atoms with E-state index in [9.17, 15) is 14.4 Å². The molecular formula is C19H16BrN3O5. The number of imide groups is 2. The van der Waals surface area contributed by atoms with E-state index in [4.69, 9.17) is 9.47 Å². The van der Waals surface area contributed by atoms with E-state index in [0.29, 0.717) is 22.9 Å². The summed E-state index contributed by atoms with van der Waals surface area (Å²) in [5.74, 6) is -1.71. The molecule has 1 atom stereocenters. The Morgan fingerprint density at radius 1 is 1.07 bits per heavy atom. The number of carbonyl (C=O) groups is 3. The monoisotopic (exact) mass is 445 g/mol. The van der Waals surface area contributed by atoms with Gasteiger partial charge in [0.1, 0.15) is 17.2 Å². The number of anilines is 1. The van der Waals surface area contributed by atoms with Crippen molar-refractivity contribution in [3.63, 3.8) is 0 Å². The zero-order chi connectivity index (χ0) is 20.3. The molecule has 0 saturated carbocycles. The number of barbiturate groups is 1. The normalized spacial score (nSPS) is 17.0. The Morgan fingerprint density at radius 2 is 1.79 bits per heavy atom. The highest BCUT2D eigenvalue weighted by Gasteiger charge is 2.40. The summed E-state index contributed by atoms with van der Waals surface area (Å²) in [6, 6.07) is 10.7. The van der Waals surface area contributed by atoms with Crippen LogP contribution in [0.1, 0.15) is 0 Å². The molecule has 2 aromatic rings. The molecule has 0 bridgehead atoms. The van der Waals surface area contributed by atoms with Gasteiger partial charge in [-0.05, 0) is 36.4 Å². The fourth-order valence-electron chi connectivity index (χ4n) is 2.61. The zero-order valence-corrected chi connectivity index (χ0v) is 16.6. The van der Waals surface area contributed by atoms with Gasteiger partial charge in [0, 0.05) is 16.8 Å². The fourth-order valence-corrected chi connectivity index (χ4v) is 2.87. The predicted molar refractivity (Wildman–Crippen MR) is 106 cm³/mol. The molecule has 1 aliphatic heterocycles. The molecule has 1 heterocycles. The Bertz CT molecular complexity index is 959. The van der Waals surface area contributed by atoms with E-state index in [1.54, 1.807) is 42.5 Å². The molecule has 9 heteroatoms. The molecule has 1 saturated heterocycles. The Morgan fingerprint density at radius 3 is 2.43 bits per heavy atom. The number of aliphatic imine (C=N–C) groups is 1. The van der Waals surface area contributed by atoms with E-state index in [-0.39, 0.29) is 0 Å². The molecule has 0 aromatic heterocycles. The number of nitrogens with zero attached hydrogens (tertiary/aromatic N) is 2. The number of nitrogens with one attached hydrogen (secondary N) is 1. The van der Waals surface area contributed by atoms with E-state index in [2.05, 4.69) is 26.2 Å². The third-order valence-electron chi connectivity index (χ3n) is 4.04. The lowest BCUT2D eigenvalue weighted by atomic mass is 10.1. The van der Waals surface area contributed by atoms with Gasteiger partial charge >= 0.3 is 6.03 Å². The number of hydrogen-bond donors (Lipinski definition) is 1. The van der Waals surface area contributed by atoms with Crippen molar-refractivity contribution in [2.45, 2.75) is 0 Å². The number of benzene rings is 2. The largest absolute Gasteiger partial charge is 0.497 e. The van der Waals surface area contributed by atoms with E-state index in [1.807, 2.05) is 0 Å². The molecule has 2 aromatic carbocycles. The van der Waals surface area contributed by atoms with Crippen LogP contribution in [0.5, 0.6) is 11.5 Å². The zero-order valence-electron chi connectivity index (χ0n) is 15.0. The van der Waals surface area contributed by atoms with Crippen molar-refractivity contribution in [1.29, 1.82) is 0 Å². The first-order valence-electron chi connectivity index (χ1n) is 8.15. The molecule has 1 aliphatic rings. The second kappa shape index (κ2) is 8.22. The number of halogens is 1. The van der Waals surface area contributed by atoms with E-state index in [0.717, 1.165) is 9.37 Å². The Labute approximate surface area is 169 Å². The Hall–Kier alpha value is -3.20. The van der Waals surface area contributed by atoms with Crippen LogP contribution in [0.2, 0.25) is 0 Å². The van der Waals surface area contributed by atoms with Crippen molar-refractivity contribution in [3.8, 4) is 11.5 Å². The van der Waals surface area contributed by atoms with Gasteiger partial charge in [0.05, 0.1) is 19.9 Å². The molecule has 3 rings (SSSR count). The molecule has 0 spiro atoms. The molecule has 28 heavy (non-hydrogen) atoms. The Kier molecular flexibility index (Phi) is 5.74. The van der Waals surface area contributed by atoms with Gasteiger partial charge in [0.25, 0.3) is 5.91 Å². The van der Waals surface area contributed by atoms with Gasteiger partial charge in [-0.2, -0.15) is 0 Å². The number of urea groups is 1. The van der Waals surface area contributed by atoms with Gasteiger partial charge in [0.2, 0.25) is 5.91 Å². The highest BCUT2D eigenvalue weighted by atomic mass is 79.9. The predicted octanol–water partition coefficient (Wildman–Crippen LogP) is 3.07. The summed E-state index contributed by atoms with van der Waals surface area (Å²) >= 11 is 3.30. The van der Waals surface area contributed by atoms with Gasteiger partial charge in [-0.25, -0.2) is 9.69 Å². The van der Waals surface area contributed by atoms with Gasteiger partial charge < -0.3 is 9.47 Å². The van der Waals surface area contributed by atoms with Crippen molar-refractivity contribution in [3.05, 3.63) is 46.9 Å². The lowest BCUT2D eigenvalue weighted by molar-refractivity contribution is -0.131. The highest BCUT2D eigenvalue weighted by Crippen LogP contribution is 2.31. The van der Waals surface area contributed by atoms with Gasteiger partial charge in [-0.15, -0.1) is 0 Å². The third-order valence-corrected chi connectivity index (χ3v) is 4.56. The molecule has 4 amide bonds. The maximum absolute atomic E-state index is 12.8. The van der Waals surface area contributed by atoms with Crippen molar-refractivity contribution >= 4 is 51.4 Å². The molecule has 8 nitrogen and oxygen atoms in total. The summed E-state index contributed by atoms with van der Waals surface area (Å²) in [6.45, 7) is 0. The first-order chi connectivity index (χ1) is 13.4. The lowest BCUT2D eigenvalue weighted by Gasteiger charge is -2.28. The number of methoxy groups -OCH3 is 2. The number of hydrogen-bond acceptors (Lipinski definition) is 6. The number of ether oxygens (including phenoxy) is 2. The highest BCUT2D eigenvalue weighted by molar-refractivity contribution is 9.10. The first kappa shape index (κ1) is 19.6. The topological polar surface area (TPSA) is 97.3 Å². The lowest BCUT2D eigenvalue weighted by Crippen LogP contribution is -2.58. The standard InChI is InChI=1S/C19H16BrN3O5/c1-27-13-7-8-16(28-2)15(9-13)21-10-14-17(24)22-19(26)23(18(14)25)12-5-3-11(20)4-6-12/h3-10,14H,1-2H3,(H,22,24,26)/t14-/m0/s1. The molecule has 0 radical (unpaired) electrons. The molecule has 0 aliphatic carbocycles. The quantitative estimate of drug-likeness (QED) is 0.563. The van der Waals surface area contributed by atoms with Crippen molar-refractivity contribution in [2.75, 3.05) is 19.1 Å². The second-order valence-electron chi connectivity index (χ2n) is 5.74. The summed E-state index contributed by atoms with van der Waals surface area (Å²) in [5.41, 5.74) is 0.727. The minimum atomic E-state index is -1.27. The summed E-state index contributed by atoms with van der Waals surface area (Å²) < 4.78 is 11.2. The number of amides is 4. The average Bonchev–Trinajstić information content (AvgIpc) is 2.68. The maximum Gasteiger partial charge on any atom is 0.335 e.